The van der Waals surface area contributed by atoms with Gasteiger partial charge in [0.2, 0.25) is 5.91 Å². The third-order valence-corrected chi connectivity index (χ3v) is 4.11. The van der Waals surface area contributed by atoms with Crippen LogP contribution in [-0.2, 0) is 11.2 Å². The van der Waals surface area contributed by atoms with Gasteiger partial charge in [0.05, 0.1) is 6.42 Å². The van der Waals surface area contributed by atoms with E-state index in [0.29, 0.717) is 6.42 Å². The summed E-state index contributed by atoms with van der Waals surface area (Å²) < 4.78 is 0. The van der Waals surface area contributed by atoms with Gasteiger partial charge >= 0.3 is 0 Å². The molecule has 4 nitrogen and oxygen atoms in total. The van der Waals surface area contributed by atoms with Gasteiger partial charge in [0, 0.05) is 35.7 Å². The number of para-hydroxylation sites is 1. The van der Waals surface area contributed by atoms with Gasteiger partial charge in [-0.15, -0.1) is 0 Å². The van der Waals surface area contributed by atoms with Crippen LogP contribution in [0.3, 0.4) is 0 Å². The van der Waals surface area contributed by atoms with Gasteiger partial charge in [-0.1, -0.05) is 30.4 Å². The van der Waals surface area contributed by atoms with E-state index in [1.54, 1.807) is 0 Å². The minimum Gasteiger partial charge on any atom is -0.396 e. The number of H-pyrrole nitrogens is 1. The van der Waals surface area contributed by atoms with E-state index in [9.17, 15) is 4.79 Å². The van der Waals surface area contributed by atoms with E-state index in [4.69, 9.17) is 5.11 Å². The number of aromatic amines is 1. The molecule has 2 aromatic rings. The van der Waals surface area contributed by atoms with Crippen LogP contribution < -0.4 is 5.32 Å². The first-order chi connectivity index (χ1) is 10.2. The molecule has 1 amide bonds. The Balaban J connectivity index is 1.67. The van der Waals surface area contributed by atoms with Crippen LogP contribution in [0.15, 0.2) is 36.5 Å². The number of aryl methyl sites for hydroxylation is 1. The highest BCUT2D eigenvalue weighted by molar-refractivity contribution is 5.90. The largest absolute Gasteiger partial charge is 0.396 e. The predicted octanol–water partition coefficient (Wildman–Crippen LogP) is 2.07. The molecule has 21 heavy (non-hydrogen) atoms. The van der Waals surface area contributed by atoms with E-state index >= 15 is 0 Å². The van der Waals surface area contributed by atoms with Crippen molar-refractivity contribution in [2.24, 2.45) is 5.92 Å². The van der Waals surface area contributed by atoms with Crippen molar-refractivity contribution in [3.63, 3.8) is 0 Å². The summed E-state index contributed by atoms with van der Waals surface area (Å²) in [5, 5.41) is 13.2. The van der Waals surface area contributed by atoms with Gasteiger partial charge in [0.1, 0.15) is 0 Å². The highest BCUT2D eigenvalue weighted by Gasteiger charge is 2.20. The molecule has 1 heterocycles. The summed E-state index contributed by atoms with van der Waals surface area (Å²) in [4.78, 5) is 15.4. The van der Waals surface area contributed by atoms with Gasteiger partial charge in [-0.25, -0.2) is 0 Å². The van der Waals surface area contributed by atoms with Crippen LogP contribution in [0.5, 0.6) is 0 Å². The molecule has 0 radical (unpaired) electrons. The molecule has 0 aliphatic heterocycles. The second-order valence-corrected chi connectivity index (χ2v) is 5.73. The van der Waals surface area contributed by atoms with Crippen LogP contribution in [0.1, 0.15) is 17.5 Å². The number of rotatable bonds is 4. The second-order valence-electron chi connectivity index (χ2n) is 5.73. The van der Waals surface area contributed by atoms with Crippen molar-refractivity contribution < 1.29 is 9.90 Å². The molecular formula is C17H20N2O2. The summed E-state index contributed by atoms with van der Waals surface area (Å²) in [5.41, 5.74) is 3.30. The van der Waals surface area contributed by atoms with Crippen molar-refractivity contribution in [2.75, 3.05) is 6.61 Å². The van der Waals surface area contributed by atoms with Gasteiger partial charge in [-0.3, -0.25) is 4.79 Å². The molecule has 0 spiro atoms. The number of aliphatic hydroxyl groups is 1. The van der Waals surface area contributed by atoms with Crippen LogP contribution in [0, 0.1) is 12.8 Å². The maximum atomic E-state index is 12.2. The van der Waals surface area contributed by atoms with Crippen LogP contribution in [0.4, 0.5) is 0 Å². The topological polar surface area (TPSA) is 65.1 Å². The molecule has 3 N–H and O–H groups in total. The molecule has 1 aliphatic rings. The first-order valence-corrected chi connectivity index (χ1v) is 7.31. The Bertz CT molecular complexity index is 687. The fraction of sp³-hybridized carbons (Fsp3) is 0.353. The molecule has 0 bridgehead atoms. The lowest BCUT2D eigenvalue weighted by atomic mass is 10.1. The Labute approximate surface area is 123 Å². The number of carbonyl (C=O) groups is 1. The molecule has 0 unspecified atom stereocenters. The van der Waals surface area contributed by atoms with Crippen LogP contribution in [0.2, 0.25) is 0 Å². The van der Waals surface area contributed by atoms with Crippen molar-refractivity contribution in [1.29, 1.82) is 0 Å². The minimum atomic E-state index is 0.0191. The van der Waals surface area contributed by atoms with Crippen molar-refractivity contribution in [3.05, 3.63) is 47.7 Å². The van der Waals surface area contributed by atoms with Crippen molar-refractivity contribution in [2.45, 2.75) is 25.8 Å². The molecule has 0 fully saturated rings. The highest BCUT2D eigenvalue weighted by Crippen LogP contribution is 2.22. The summed E-state index contributed by atoms with van der Waals surface area (Å²) in [6, 6.07) is 6.15. The lowest BCUT2D eigenvalue weighted by Gasteiger charge is -2.12. The van der Waals surface area contributed by atoms with E-state index in [1.165, 1.54) is 5.56 Å². The monoisotopic (exact) mass is 284 g/mol. The number of fused-ring (bicyclic) bond motifs is 1. The standard InChI is InChI=1S/C17H20N2O2/c1-11-3-2-4-15-13(9-18-17(11)15)8-16(21)19-14-6-5-12(7-14)10-20/h2-6,9,12,14,18,20H,7-8,10H2,1H3,(H,19,21)/t12-,14+/m0/s1. The van der Waals surface area contributed by atoms with Crippen molar-refractivity contribution >= 4 is 16.8 Å². The maximum Gasteiger partial charge on any atom is 0.224 e. The molecule has 1 aromatic heterocycles. The number of hydrogen-bond acceptors (Lipinski definition) is 2. The Morgan fingerprint density at radius 1 is 1.43 bits per heavy atom. The summed E-state index contributed by atoms with van der Waals surface area (Å²) in [5.74, 6) is 0.191. The molecule has 110 valence electrons. The van der Waals surface area contributed by atoms with Gasteiger partial charge < -0.3 is 15.4 Å². The average molecular weight is 284 g/mol. The minimum absolute atomic E-state index is 0.0191. The Hall–Kier alpha value is -2.07. The molecule has 3 rings (SSSR count). The van der Waals surface area contributed by atoms with E-state index in [-0.39, 0.29) is 24.5 Å². The number of benzene rings is 1. The molecule has 0 saturated heterocycles. The normalized spacial score (nSPS) is 21.0. The molecule has 1 aliphatic carbocycles. The van der Waals surface area contributed by atoms with E-state index < -0.39 is 0 Å². The summed E-state index contributed by atoms with van der Waals surface area (Å²) in [7, 11) is 0. The average Bonchev–Trinajstić information content (AvgIpc) is 3.07. The predicted molar refractivity (Wildman–Crippen MR) is 83.0 cm³/mol. The Morgan fingerprint density at radius 2 is 2.29 bits per heavy atom. The second kappa shape index (κ2) is 5.74. The van der Waals surface area contributed by atoms with E-state index in [0.717, 1.165) is 22.9 Å². The van der Waals surface area contributed by atoms with Crippen LogP contribution in [-0.4, -0.2) is 28.6 Å². The lowest BCUT2D eigenvalue weighted by molar-refractivity contribution is -0.120. The number of aliphatic hydroxyl groups excluding tert-OH is 1. The lowest BCUT2D eigenvalue weighted by Crippen LogP contribution is -2.34. The smallest absolute Gasteiger partial charge is 0.224 e. The summed E-state index contributed by atoms with van der Waals surface area (Å²) >= 11 is 0. The fourth-order valence-corrected chi connectivity index (χ4v) is 2.96. The number of nitrogens with one attached hydrogen (secondary N) is 2. The Morgan fingerprint density at radius 3 is 3.05 bits per heavy atom. The number of aromatic nitrogens is 1. The number of amides is 1. The zero-order valence-electron chi connectivity index (χ0n) is 12.1. The molecule has 4 heteroatoms. The number of hydrogen-bond donors (Lipinski definition) is 3. The van der Waals surface area contributed by atoms with Gasteiger partial charge in [0.15, 0.2) is 0 Å². The third kappa shape index (κ3) is 2.85. The summed E-state index contributed by atoms with van der Waals surface area (Å²) in [6.45, 7) is 2.20. The molecule has 1 aromatic carbocycles. The van der Waals surface area contributed by atoms with Crippen molar-refractivity contribution in [3.8, 4) is 0 Å². The SMILES string of the molecule is Cc1cccc2c(CC(=O)N[C@@H]3C=C[C@H](CO)C3)c[nH]c12. The quantitative estimate of drug-likeness (QED) is 0.753. The fourth-order valence-electron chi connectivity index (χ4n) is 2.96. The van der Waals surface area contributed by atoms with E-state index in [1.807, 2.05) is 30.5 Å². The molecule has 0 saturated carbocycles. The molecular weight excluding hydrogens is 264 g/mol. The van der Waals surface area contributed by atoms with Crippen LogP contribution in [0.25, 0.3) is 10.9 Å². The van der Waals surface area contributed by atoms with Gasteiger partial charge in [0.25, 0.3) is 0 Å². The first kappa shape index (κ1) is 13.9. The Kier molecular flexibility index (Phi) is 3.80. The highest BCUT2D eigenvalue weighted by atomic mass is 16.3. The van der Waals surface area contributed by atoms with Gasteiger partial charge in [-0.2, -0.15) is 0 Å². The third-order valence-electron chi connectivity index (χ3n) is 4.11. The first-order valence-electron chi connectivity index (χ1n) is 7.31. The zero-order valence-corrected chi connectivity index (χ0v) is 12.1. The van der Waals surface area contributed by atoms with Crippen LogP contribution >= 0.6 is 0 Å². The summed E-state index contributed by atoms with van der Waals surface area (Å²) in [6.07, 6.45) is 7.02. The van der Waals surface area contributed by atoms with E-state index in [2.05, 4.69) is 23.3 Å². The molecule has 2 atom stereocenters. The zero-order chi connectivity index (χ0) is 14.8. The van der Waals surface area contributed by atoms with Crippen molar-refractivity contribution in [1.82, 2.24) is 10.3 Å². The van der Waals surface area contributed by atoms with Gasteiger partial charge in [-0.05, 0) is 24.5 Å². The number of carbonyl (C=O) groups excluding carboxylic acids is 1. The maximum absolute atomic E-state index is 12.2.